The molecule has 1 unspecified atom stereocenters. The van der Waals surface area contributed by atoms with Gasteiger partial charge in [0.1, 0.15) is 6.61 Å². The molecule has 8 nitrogen and oxygen atoms in total. The van der Waals surface area contributed by atoms with Crippen LogP contribution in [0.4, 0.5) is 0 Å². The summed E-state index contributed by atoms with van der Waals surface area (Å²) in [5.41, 5.74) is 0. The number of hydrogen-bond acceptors (Lipinski definition) is 5. The number of epoxide rings is 1. The maximum atomic E-state index is 11.9. The zero-order valence-electron chi connectivity index (χ0n) is 13.4. The Bertz CT molecular complexity index is 424. The quantitative estimate of drug-likeness (QED) is 0.554. The van der Waals surface area contributed by atoms with E-state index >= 15 is 0 Å². The molecule has 1 heterocycles. The fraction of sp³-hybridized carbons (Fsp3) is 0.786. The Balaban J connectivity index is 2.42. The number of carbonyl (C=O) groups excluding carboxylic acids is 2. The van der Waals surface area contributed by atoms with Crippen molar-refractivity contribution in [3.63, 3.8) is 0 Å². The summed E-state index contributed by atoms with van der Waals surface area (Å²) < 4.78 is 10.1. The summed E-state index contributed by atoms with van der Waals surface area (Å²) in [6, 6.07) is -0.291. The van der Waals surface area contributed by atoms with Crippen molar-refractivity contribution < 1.29 is 29.0 Å². The van der Waals surface area contributed by atoms with Gasteiger partial charge >= 0.3 is 5.97 Å². The van der Waals surface area contributed by atoms with Crippen molar-refractivity contribution in [3.8, 4) is 0 Å². The van der Waals surface area contributed by atoms with Crippen molar-refractivity contribution in [2.24, 2.45) is 5.92 Å². The van der Waals surface area contributed by atoms with Crippen molar-refractivity contribution in [1.29, 1.82) is 0 Å². The van der Waals surface area contributed by atoms with Gasteiger partial charge in [-0.05, 0) is 12.3 Å². The van der Waals surface area contributed by atoms with E-state index in [0.29, 0.717) is 12.3 Å². The van der Waals surface area contributed by atoms with Gasteiger partial charge in [0.15, 0.2) is 12.2 Å². The monoisotopic (exact) mass is 316 g/mol. The molecule has 0 aromatic heterocycles. The largest absolute Gasteiger partial charge is 0.479 e. The van der Waals surface area contributed by atoms with E-state index in [9.17, 15) is 14.4 Å². The first-order valence-electron chi connectivity index (χ1n) is 7.19. The minimum atomic E-state index is -1.15. The molecule has 8 heteroatoms. The highest BCUT2D eigenvalue weighted by Gasteiger charge is 2.51. The number of ether oxygens (including phenoxy) is 2. The summed E-state index contributed by atoms with van der Waals surface area (Å²) in [4.78, 5) is 35.4. The minimum Gasteiger partial charge on any atom is -0.479 e. The number of aliphatic carboxylic acids is 1. The van der Waals surface area contributed by atoms with Crippen LogP contribution in [0, 0.1) is 5.92 Å². The zero-order chi connectivity index (χ0) is 16.9. The van der Waals surface area contributed by atoms with E-state index < -0.39 is 24.1 Å². The Morgan fingerprint density at radius 1 is 1.27 bits per heavy atom. The molecule has 0 aliphatic carbocycles. The van der Waals surface area contributed by atoms with Crippen LogP contribution in [0.5, 0.6) is 0 Å². The van der Waals surface area contributed by atoms with Crippen molar-refractivity contribution in [2.75, 3.05) is 27.3 Å². The molecule has 1 fully saturated rings. The molecule has 0 radical (unpaired) electrons. The summed E-state index contributed by atoms with van der Waals surface area (Å²) in [6.07, 6.45) is -1.33. The highest BCUT2D eigenvalue weighted by atomic mass is 16.6. The van der Waals surface area contributed by atoms with Gasteiger partial charge in [-0.3, -0.25) is 9.59 Å². The summed E-state index contributed by atoms with van der Waals surface area (Å²) in [7, 11) is 3.27. The van der Waals surface area contributed by atoms with Gasteiger partial charge in [0.2, 0.25) is 5.91 Å². The third-order valence-corrected chi connectivity index (χ3v) is 3.14. The molecule has 2 amide bonds. The molecule has 2 N–H and O–H groups in total. The Kier molecular flexibility index (Phi) is 6.76. The van der Waals surface area contributed by atoms with Crippen LogP contribution in [-0.4, -0.2) is 73.3 Å². The lowest BCUT2D eigenvalue weighted by Crippen LogP contribution is -2.42. The summed E-state index contributed by atoms with van der Waals surface area (Å²) in [5, 5.41) is 11.5. The fourth-order valence-electron chi connectivity index (χ4n) is 1.94. The lowest BCUT2D eigenvalue weighted by molar-refractivity contribution is -0.138. The lowest BCUT2D eigenvalue weighted by atomic mass is 10.0. The number of carbonyl (C=O) groups is 3. The Morgan fingerprint density at radius 2 is 1.91 bits per heavy atom. The van der Waals surface area contributed by atoms with E-state index in [4.69, 9.17) is 14.6 Å². The topological polar surface area (TPSA) is 108 Å². The second-order valence-electron chi connectivity index (χ2n) is 5.95. The van der Waals surface area contributed by atoms with Crippen molar-refractivity contribution in [2.45, 2.75) is 38.5 Å². The Labute approximate surface area is 129 Å². The number of carboxylic acid groups (broad SMARTS) is 1. The van der Waals surface area contributed by atoms with E-state index in [0.717, 1.165) is 0 Å². The zero-order valence-corrected chi connectivity index (χ0v) is 13.4. The van der Waals surface area contributed by atoms with Crippen LogP contribution in [0.2, 0.25) is 0 Å². The molecule has 0 saturated carbocycles. The van der Waals surface area contributed by atoms with Crippen LogP contribution < -0.4 is 5.32 Å². The molecule has 0 aromatic carbocycles. The van der Waals surface area contributed by atoms with Crippen molar-refractivity contribution >= 4 is 17.8 Å². The summed E-state index contributed by atoms with van der Waals surface area (Å²) in [5.74, 6) is -1.45. The number of nitrogens with zero attached hydrogens (tertiary/aromatic N) is 1. The Morgan fingerprint density at radius 3 is 2.36 bits per heavy atom. The van der Waals surface area contributed by atoms with Gasteiger partial charge in [-0.15, -0.1) is 0 Å². The van der Waals surface area contributed by atoms with E-state index in [1.165, 1.54) is 4.90 Å². The predicted molar refractivity (Wildman–Crippen MR) is 77.2 cm³/mol. The second kappa shape index (κ2) is 8.09. The van der Waals surface area contributed by atoms with E-state index in [-0.39, 0.29) is 25.2 Å². The molecule has 126 valence electrons. The summed E-state index contributed by atoms with van der Waals surface area (Å²) >= 11 is 0. The van der Waals surface area contributed by atoms with E-state index in [1.54, 1.807) is 14.1 Å². The van der Waals surface area contributed by atoms with Gasteiger partial charge in [0.25, 0.3) is 5.91 Å². The molecule has 0 aromatic rings. The first kappa shape index (κ1) is 18.4. The lowest BCUT2D eigenvalue weighted by Gasteiger charge is -2.20. The molecule has 1 saturated heterocycles. The standard InChI is InChI=1S/C14H24N2O6/c1-8(2)5-9(6-21-7-10(17)16(3)4)15-13(18)11-12(22-11)14(19)20/h8-9,11-12H,5-7H2,1-4H3,(H,15,18)(H,19,20)/t9?,11-,12-/m0/s1. The molecule has 0 spiro atoms. The van der Waals surface area contributed by atoms with Crippen LogP contribution in [0.15, 0.2) is 0 Å². The fourth-order valence-corrected chi connectivity index (χ4v) is 1.94. The van der Waals surface area contributed by atoms with Gasteiger partial charge < -0.3 is 24.8 Å². The predicted octanol–water partition coefficient (Wildman–Crippen LogP) is -0.526. The normalized spacial score (nSPS) is 21.3. The minimum absolute atomic E-state index is 0.0604. The van der Waals surface area contributed by atoms with Crippen LogP contribution in [0.3, 0.4) is 0 Å². The van der Waals surface area contributed by atoms with Crippen LogP contribution in [0.1, 0.15) is 20.3 Å². The second-order valence-corrected chi connectivity index (χ2v) is 5.95. The van der Waals surface area contributed by atoms with Gasteiger partial charge in [0, 0.05) is 14.1 Å². The molecule has 1 aliphatic rings. The number of amides is 2. The molecule has 1 rings (SSSR count). The third kappa shape index (κ3) is 5.98. The van der Waals surface area contributed by atoms with Gasteiger partial charge in [0.05, 0.1) is 12.6 Å². The summed E-state index contributed by atoms with van der Waals surface area (Å²) in [6.45, 7) is 4.12. The number of rotatable bonds is 9. The SMILES string of the molecule is CC(C)CC(COCC(=O)N(C)C)NC(=O)[C@H]1O[C@@H]1C(=O)O. The number of likely N-dealkylation sites (N-methyl/N-ethyl adjacent to an activating group) is 1. The van der Waals surface area contributed by atoms with Crippen LogP contribution >= 0.6 is 0 Å². The first-order valence-corrected chi connectivity index (χ1v) is 7.19. The maximum absolute atomic E-state index is 11.9. The van der Waals surface area contributed by atoms with Crippen LogP contribution in [0.25, 0.3) is 0 Å². The highest BCUT2D eigenvalue weighted by Crippen LogP contribution is 2.22. The Hall–Kier alpha value is -1.67. The van der Waals surface area contributed by atoms with Gasteiger partial charge in [-0.1, -0.05) is 13.8 Å². The smallest absolute Gasteiger partial charge is 0.336 e. The maximum Gasteiger partial charge on any atom is 0.336 e. The number of hydrogen-bond donors (Lipinski definition) is 2. The van der Waals surface area contributed by atoms with E-state index in [2.05, 4.69) is 5.32 Å². The molecule has 3 atom stereocenters. The van der Waals surface area contributed by atoms with Crippen LogP contribution in [-0.2, 0) is 23.9 Å². The van der Waals surface area contributed by atoms with Crippen molar-refractivity contribution in [1.82, 2.24) is 10.2 Å². The number of carboxylic acids is 1. The first-order chi connectivity index (χ1) is 10.2. The molecule has 1 aliphatic heterocycles. The van der Waals surface area contributed by atoms with Gasteiger partial charge in [-0.25, -0.2) is 4.79 Å². The van der Waals surface area contributed by atoms with Crippen molar-refractivity contribution in [3.05, 3.63) is 0 Å². The molecule has 22 heavy (non-hydrogen) atoms. The molecular weight excluding hydrogens is 292 g/mol. The molecular formula is C14H24N2O6. The third-order valence-electron chi connectivity index (χ3n) is 3.14. The molecule has 0 bridgehead atoms. The average Bonchev–Trinajstić information content (AvgIpc) is 3.17. The number of nitrogens with one attached hydrogen (secondary N) is 1. The van der Waals surface area contributed by atoms with E-state index in [1.807, 2.05) is 13.8 Å². The van der Waals surface area contributed by atoms with Gasteiger partial charge in [-0.2, -0.15) is 0 Å². The average molecular weight is 316 g/mol. The highest BCUT2D eigenvalue weighted by molar-refractivity contribution is 5.92.